The number of halogens is 1. The number of carbonyl (C=O) groups is 2. The number of alkyl halides is 1. The van der Waals surface area contributed by atoms with Gasteiger partial charge in [-0.05, 0) is 44.7 Å². The summed E-state index contributed by atoms with van der Waals surface area (Å²) in [5.41, 5.74) is 0.361. The SMILES string of the molecule is CC(C)N(CC(=O)N(Cc1ccccc1)Cc1cccs1)C(=O)C(C)(C)CCl. The number of benzene rings is 1. The standard InChI is InChI=1S/C22H29ClN2O2S/c1-17(2)25(21(27)22(3,4)16-23)15-20(26)24(14-19-11-8-12-28-19)13-18-9-6-5-7-10-18/h5-12,17H,13-16H2,1-4H3. The molecule has 0 saturated heterocycles. The van der Waals surface area contributed by atoms with Gasteiger partial charge in [-0.3, -0.25) is 9.59 Å². The Labute approximate surface area is 177 Å². The third kappa shape index (κ3) is 6.08. The van der Waals surface area contributed by atoms with Crippen LogP contribution in [0.1, 0.15) is 38.1 Å². The Hall–Kier alpha value is -1.85. The van der Waals surface area contributed by atoms with Gasteiger partial charge in [-0.15, -0.1) is 22.9 Å². The first kappa shape index (κ1) is 22.4. The summed E-state index contributed by atoms with van der Waals surface area (Å²) in [7, 11) is 0. The van der Waals surface area contributed by atoms with Crippen LogP contribution < -0.4 is 0 Å². The number of amides is 2. The normalized spacial score (nSPS) is 11.5. The molecule has 1 aromatic heterocycles. The van der Waals surface area contributed by atoms with Crippen molar-refractivity contribution in [3.05, 3.63) is 58.3 Å². The Kier molecular flexibility index (Phi) is 8.08. The zero-order valence-electron chi connectivity index (χ0n) is 17.0. The fourth-order valence-electron chi connectivity index (χ4n) is 2.81. The van der Waals surface area contributed by atoms with Gasteiger partial charge in [0.1, 0.15) is 6.54 Å². The van der Waals surface area contributed by atoms with Gasteiger partial charge in [0.2, 0.25) is 11.8 Å². The molecule has 6 heteroatoms. The monoisotopic (exact) mass is 420 g/mol. The molecule has 0 aliphatic heterocycles. The zero-order chi connectivity index (χ0) is 20.7. The topological polar surface area (TPSA) is 40.6 Å². The maximum absolute atomic E-state index is 13.2. The molecule has 2 rings (SSSR count). The Bertz CT molecular complexity index is 760. The van der Waals surface area contributed by atoms with Crippen molar-refractivity contribution in [3.63, 3.8) is 0 Å². The second-order valence-electron chi connectivity index (χ2n) is 7.86. The summed E-state index contributed by atoms with van der Waals surface area (Å²) in [6.45, 7) is 8.58. The fraction of sp³-hybridized carbons (Fsp3) is 0.455. The average Bonchev–Trinajstić information content (AvgIpc) is 3.18. The molecule has 28 heavy (non-hydrogen) atoms. The minimum absolute atomic E-state index is 0.0506. The molecule has 0 aliphatic rings. The fourth-order valence-corrected chi connectivity index (χ4v) is 3.64. The summed E-state index contributed by atoms with van der Waals surface area (Å²) < 4.78 is 0. The van der Waals surface area contributed by atoms with Crippen molar-refractivity contribution in [3.8, 4) is 0 Å². The van der Waals surface area contributed by atoms with E-state index in [0.717, 1.165) is 10.4 Å². The van der Waals surface area contributed by atoms with E-state index in [1.807, 2.05) is 80.4 Å². The first-order valence-electron chi connectivity index (χ1n) is 9.45. The second kappa shape index (κ2) is 10.1. The Balaban J connectivity index is 2.20. The smallest absolute Gasteiger partial charge is 0.242 e. The van der Waals surface area contributed by atoms with E-state index in [2.05, 4.69) is 0 Å². The van der Waals surface area contributed by atoms with Crippen LogP contribution in [0.25, 0.3) is 0 Å². The molecule has 0 radical (unpaired) electrons. The molecule has 0 aliphatic carbocycles. The number of nitrogens with zero attached hydrogens (tertiary/aromatic N) is 2. The van der Waals surface area contributed by atoms with Crippen molar-refractivity contribution in [2.75, 3.05) is 12.4 Å². The van der Waals surface area contributed by atoms with Gasteiger partial charge in [-0.2, -0.15) is 0 Å². The summed E-state index contributed by atoms with van der Waals surface area (Å²) in [5.74, 6) is 0.0536. The second-order valence-corrected chi connectivity index (χ2v) is 9.16. The molecule has 0 bridgehead atoms. The summed E-state index contributed by atoms with van der Waals surface area (Å²) in [6, 6.07) is 13.8. The maximum Gasteiger partial charge on any atom is 0.242 e. The van der Waals surface area contributed by atoms with E-state index in [4.69, 9.17) is 11.6 Å². The van der Waals surface area contributed by atoms with E-state index in [1.165, 1.54) is 0 Å². The quantitative estimate of drug-likeness (QED) is 0.548. The highest BCUT2D eigenvalue weighted by Crippen LogP contribution is 2.23. The summed E-state index contributed by atoms with van der Waals surface area (Å²) >= 11 is 7.62. The molecular formula is C22H29ClN2O2S. The lowest BCUT2D eigenvalue weighted by atomic mass is 9.93. The Morgan fingerprint density at radius 2 is 1.75 bits per heavy atom. The van der Waals surface area contributed by atoms with Crippen molar-refractivity contribution in [2.24, 2.45) is 5.41 Å². The molecule has 1 aromatic carbocycles. The van der Waals surface area contributed by atoms with Gasteiger partial charge in [0.15, 0.2) is 0 Å². The van der Waals surface area contributed by atoms with Crippen molar-refractivity contribution < 1.29 is 9.59 Å². The minimum atomic E-state index is -0.704. The van der Waals surface area contributed by atoms with Gasteiger partial charge < -0.3 is 9.80 Å². The predicted octanol–water partition coefficient (Wildman–Crippen LogP) is 4.78. The summed E-state index contributed by atoms with van der Waals surface area (Å²) in [4.78, 5) is 30.7. The minimum Gasteiger partial charge on any atom is -0.332 e. The van der Waals surface area contributed by atoms with E-state index in [0.29, 0.717) is 13.1 Å². The first-order chi connectivity index (χ1) is 13.2. The molecular weight excluding hydrogens is 392 g/mol. The van der Waals surface area contributed by atoms with Gasteiger partial charge in [0, 0.05) is 23.3 Å². The van der Waals surface area contributed by atoms with Crippen LogP contribution in [0.15, 0.2) is 47.8 Å². The van der Waals surface area contributed by atoms with Gasteiger partial charge >= 0.3 is 0 Å². The highest BCUT2D eigenvalue weighted by atomic mass is 35.5. The average molecular weight is 421 g/mol. The molecule has 0 spiro atoms. The van der Waals surface area contributed by atoms with Gasteiger partial charge in [-0.25, -0.2) is 0 Å². The van der Waals surface area contributed by atoms with Crippen LogP contribution in [0.3, 0.4) is 0 Å². The van der Waals surface area contributed by atoms with Gasteiger partial charge in [0.25, 0.3) is 0 Å². The zero-order valence-corrected chi connectivity index (χ0v) is 18.6. The highest BCUT2D eigenvalue weighted by molar-refractivity contribution is 7.09. The van der Waals surface area contributed by atoms with Crippen LogP contribution >= 0.6 is 22.9 Å². The maximum atomic E-state index is 13.2. The molecule has 1 heterocycles. The lowest BCUT2D eigenvalue weighted by Gasteiger charge is -2.35. The summed E-state index contributed by atoms with van der Waals surface area (Å²) in [5, 5.41) is 2.01. The van der Waals surface area contributed by atoms with Gasteiger partial charge in [-0.1, -0.05) is 36.4 Å². The number of thiophene rings is 1. The van der Waals surface area contributed by atoms with Gasteiger partial charge in [0.05, 0.1) is 12.0 Å². The number of carbonyl (C=O) groups excluding carboxylic acids is 2. The molecule has 4 nitrogen and oxygen atoms in total. The molecule has 0 fully saturated rings. The Morgan fingerprint density at radius 1 is 1.07 bits per heavy atom. The molecule has 0 unspecified atom stereocenters. The van der Waals surface area contributed by atoms with Crippen molar-refractivity contribution in [1.29, 1.82) is 0 Å². The van der Waals surface area contributed by atoms with Crippen LogP contribution in [-0.4, -0.2) is 40.1 Å². The molecule has 0 saturated carbocycles. The van der Waals surface area contributed by atoms with Crippen LogP contribution in [0.2, 0.25) is 0 Å². The van der Waals surface area contributed by atoms with E-state index < -0.39 is 5.41 Å². The molecule has 0 atom stereocenters. The molecule has 2 aromatic rings. The predicted molar refractivity (Wildman–Crippen MR) is 116 cm³/mol. The summed E-state index contributed by atoms with van der Waals surface area (Å²) in [6.07, 6.45) is 0. The lowest BCUT2D eigenvalue weighted by Crippen LogP contribution is -2.50. The lowest BCUT2D eigenvalue weighted by molar-refractivity contribution is -0.147. The largest absolute Gasteiger partial charge is 0.332 e. The van der Waals surface area contributed by atoms with Crippen molar-refractivity contribution in [2.45, 2.75) is 46.8 Å². The molecule has 2 amide bonds. The number of hydrogen-bond acceptors (Lipinski definition) is 3. The van der Waals surface area contributed by atoms with Crippen LogP contribution in [0.5, 0.6) is 0 Å². The first-order valence-corrected chi connectivity index (χ1v) is 10.9. The number of hydrogen-bond donors (Lipinski definition) is 0. The third-order valence-corrected chi connectivity index (χ3v) is 6.13. The highest BCUT2D eigenvalue weighted by Gasteiger charge is 2.34. The number of rotatable bonds is 9. The molecule has 152 valence electrons. The van der Waals surface area contributed by atoms with E-state index in [9.17, 15) is 9.59 Å². The van der Waals surface area contributed by atoms with Crippen LogP contribution in [0.4, 0.5) is 0 Å². The van der Waals surface area contributed by atoms with E-state index in [-0.39, 0.29) is 30.3 Å². The van der Waals surface area contributed by atoms with Crippen molar-refractivity contribution >= 4 is 34.8 Å². The van der Waals surface area contributed by atoms with Crippen molar-refractivity contribution in [1.82, 2.24) is 9.80 Å². The molecule has 0 N–H and O–H groups in total. The van der Waals surface area contributed by atoms with Crippen LogP contribution in [0, 0.1) is 5.41 Å². The Morgan fingerprint density at radius 3 is 2.29 bits per heavy atom. The third-order valence-electron chi connectivity index (χ3n) is 4.60. The van der Waals surface area contributed by atoms with E-state index in [1.54, 1.807) is 16.2 Å². The van der Waals surface area contributed by atoms with E-state index >= 15 is 0 Å². The van der Waals surface area contributed by atoms with Crippen LogP contribution in [-0.2, 0) is 22.7 Å².